The molecule has 610 valence electrons. The van der Waals surface area contributed by atoms with Crippen molar-refractivity contribution in [1.29, 1.82) is 0 Å². The average Bonchev–Trinajstić information content (AvgIpc) is 0.781. The summed E-state index contributed by atoms with van der Waals surface area (Å²) in [7, 11) is 0. The maximum Gasteiger partial charge on any atom is 0.220 e. The van der Waals surface area contributed by atoms with Crippen LogP contribution in [0.5, 0.6) is 0 Å². The van der Waals surface area contributed by atoms with Crippen LogP contribution < -0.4 is 5.32 Å². The van der Waals surface area contributed by atoms with Gasteiger partial charge in [-0.3, -0.25) is 4.79 Å². The summed E-state index contributed by atoms with van der Waals surface area (Å²) < 4.78 is 34.5. The zero-order valence-electron chi connectivity index (χ0n) is 65.4. The molecule has 17 atom stereocenters. The Labute approximate surface area is 635 Å². The maximum atomic E-state index is 13.5. The van der Waals surface area contributed by atoms with Crippen LogP contribution >= 0.6 is 0 Å². The summed E-state index contributed by atoms with van der Waals surface area (Å²) in [6.45, 7) is 1.64. The van der Waals surface area contributed by atoms with Gasteiger partial charge in [0, 0.05) is 6.42 Å². The van der Waals surface area contributed by atoms with Crippen LogP contribution in [-0.2, 0) is 33.2 Å². The molecule has 3 aliphatic heterocycles. The van der Waals surface area contributed by atoms with E-state index in [0.29, 0.717) is 12.8 Å². The van der Waals surface area contributed by atoms with E-state index in [9.17, 15) is 61.0 Å². The van der Waals surface area contributed by atoms with Gasteiger partial charge in [0.15, 0.2) is 18.9 Å². The second-order valence-electron chi connectivity index (χ2n) is 29.9. The van der Waals surface area contributed by atoms with Crippen molar-refractivity contribution in [2.24, 2.45) is 0 Å². The molecule has 3 fully saturated rings. The number of unbranched alkanes of at least 4 members (excludes halogenated alkanes) is 39. The lowest BCUT2D eigenvalue weighted by Crippen LogP contribution is -2.66. The van der Waals surface area contributed by atoms with Gasteiger partial charge in [0.25, 0.3) is 0 Å². The zero-order valence-corrected chi connectivity index (χ0v) is 65.4. The van der Waals surface area contributed by atoms with E-state index in [1.54, 1.807) is 6.08 Å². The van der Waals surface area contributed by atoms with Crippen LogP contribution in [0.3, 0.4) is 0 Å². The Morgan fingerprint density at radius 3 is 1.07 bits per heavy atom. The molecule has 0 saturated carbocycles. The molecular weight excluding hydrogens is 1330 g/mol. The van der Waals surface area contributed by atoms with Gasteiger partial charge < -0.3 is 89.9 Å². The molecule has 0 aliphatic carbocycles. The van der Waals surface area contributed by atoms with Crippen molar-refractivity contribution in [3.05, 3.63) is 85.1 Å². The first kappa shape index (κ1) is 96.2. The molecule has 105 heavy (non-hydrogen) atoms. The van der Waals surface area contributed by atoms with E-state index in [2.05, 4.69) is 92.1 Å². The predicted molar refractivity (Wildman–Crippen MR) is 420 cm³/mol. The Balaban J connectivity index is 1.37. The molecule has 0 aromatic rings. The lowest BCUT2D eigenvalue weighted by molar-refractivity contribution is -0.379. The fourth-order valence-electron chi connectivity index (χ4n) is 13.9. The second-order valence-corrected chi connectivity index (χ2v) is 29.9. The monoisotopic (exact) mass is 1490 g/mol. The number of nitrogens with one attached hydrogen (secondary N) is 1. The third-order valence-electron chi connectivity index (χ3n) is 20.7. The molecule has 1 amide bonds. The summed E-state index contributed by atoms with van der Waals surface area (Å²) >= 11 is 0. The molecule has 0 bridgehead atoms. The number of amides is 1. The lowest BCUT2D eigenvalue weighted by Gasteiger charge is -2.48. The summed E-state index contributed by atoms with van der Waals surface area (Å²) in [6.07, 6.45) is 61.5. The number of hydrogen-bond acceptors (Lipinski definition) is 18. The highest BCUT2D eigenvalue weighted by atomic mass is 16.8. The molecule has 3 rings (SSSR count). The Morgan fingerprint density at radius 2 is 0.667 bits per heavy atom. The highest BCUT2D eigenvalue weighted by molar-refractivity contribution is 5.76. The van der Waals surface area contributed by atoms with Crippen molar-refractivity contribution in [3.8, 4) is 0 Å². The van der Waals surface area contributed by atoms with E-state index in [-0.39, 0.29) is 18.9 Å². The van der Waals surface area contributed by atoms with Gasteiger partial charge in [-0.25, -0.2) is 0 Å². The summed E-state index contributed by atoms with van der Waals surface area (Å²) in [4.78, 5) is 13.5. The molecule has 19 heteroatoms. The highest BCUT2D eigenvalue weighted by Gasteiger charge is 2.54. The van der Waals surface area contributed by atoms with Crippen molar-refractivity contribution in [2.45, 2.75) is 426 Å². The Morgan fingerprint density at radius 1 is 0.352 bits per heavy atom. The van der Waals surface area contributed by atoms with Crippen LogP contribution in [0.25, 0.3) is 0 Å². The quantitative estimate of drug-likeness (QED) is 0.0199. The lowest BCUT2D eigenvalue weighted by atomic mass is 9.96. The van der Waals surface area contributed by atoms with Crippen molar-refractivity contribution in [3.63, 3.8) is 0 Å². The molecule has 0 spiro atoms. The van der Waals surface area contributed by atoms with Gasteiger partial charge in [0.2, 0.25) is 5.91 Å². The Kier molecular flexibility index (Phi) is 60.1. The molecule has 3 saturated heterocycles. The van der Waals surface area contributed by atoms with Crippen molar-refractivity contribution in [1.82, 2.24) is 5.32 Å². The predicted octanol–water partition coefficient (Wildman–Crippen LogP) is 15.0. The molecule has 0 aromatic carbocycles. The smallest absolute Gasteiger partial charge is 0.220 e. The minimum Gasteiger partial charge on any atom is -0.394 e. The third-order valence-corrected chi connectivity index (χ3v) is 20.7. The third kappa shape index (κ3) is 45.2. The molecule has 12 N–H and O–H groups in total. The van der Waals surface area contributed by atoms with Crippen molar-refractivity contribution in [2.75, 3.05) is 26.4 Å². The number of allylic oxidation sites excluding steroid dienone is 13. The number of aliphatic hydroxyl groups is 11. The van der Waals surface area contributed by atoms with Crippen LogP contribution in [0, 0.1) is 0 Å². The number of aliphatic hydroxyl groups excluding tert-OH is 11. The van der Waals surface area contributed by atoms with Crippen LogP contribution in [0.2, 0.25) is 0 Å². The van der Waals surface area contributed by atoms with Crippen LogP contribution in [0.4, 0.5) is 0 Å². The largest absolute Gasteiger partial charge is 0.394 e. The first-order chi connectivity index (χ1) is 51.3. The van der Waals surface area contributed by atoms with E-state index < -0.39 is 124 Å². The number of ether oxygens (including phenoxy) is 6. The first-order valence-electron chi connectivity index (χ1n) is 42.3. The van der Waals surface area contributed by atoms with Gasteiger partial charge in [-0.05, 0) is 77.0 Å². The van der Waals surface area contributed by atoms with Gasteiger partial charge in [-0.1, -0.05) is 324 Å². The minimum absolute atomic E-state index is 0.228. The van der Waals surface area contributed by atoms with Crippen molar-refractivity contribution >= 4 is 5.91 Å². The number of carbonyl (C=O) groups excluding carboxylic acids is 1. The van der Waals surface area contributed by atoms with Crippen LogP contribution in [-0.4, -0.2) is 193 Å². The summed E-state index contributed by atoms with van der Waals surface area (Å²) in [5.74, 6) is -0.288. The molecular formula is C86H153NO18. The van der Waals surface area contributed by atoms with Crippen LogP contribution in [0.1, 0.15) is 322 Å². The molecule has 19 nitrogen and oxygen atoms in total. The maximum absolute atomic E-state index is 13.5. The van der Waals surface area contributed by atoms with Gasteiger partial charge in [0.05, 0.1) is 38.6 Å². The van der Waals surface area contributed by atoms with Crippen molar-refractivity contribution < 1.29 is 89.4 Å². The van der Waals surface area contributed by atoms with E-state index in [4.69, 9.17) is 28.4 Å². The van der Waals surface area contributed by atoms with E-state index >= 15 is 0 Å². The number of rotatable bonds is 67. The summed E-state index contributed by atoms with van der Waals surface area (Å²) in [6, 6.07) is -0.999. The highest BCUT2D eigenvalue weighted by Crippen LogP contribution is 2.33. The summed E-state index contributed by atoms with van der Waals surface area (Å²) in [5, 5.41) is 121. The molecule has 3 aliphatic rings. The zero-order chi connectivity index (χ0) is 76.0. The summed E-state index contributed by atoms with van der Waals surface area (Å²) in [5.41, 5.74) is 0. The van der Waals surface area contributed by atoms with Gasteiger partial charge in [-0.2, -0.15) is 0 Å². The minimum atomic E-state index is -1.99. The number of hydrogen-bond donors (Lipinski definition) is 12. The Hall–Kier alpha value is -3.03. The Bertz CT molecular complexity index is 2230. The first-order valence-corrected chi connectivity index (χ1v) is 42.3. The second kappa shape index (κ2) is 65.7. The SMILES string of the molecule is CC/C=C\C/C=C\C/C=C\C/C=C\C/C=C\CCCCCCCCCCCCCC(=O)NC(COC1OC(CO)C(OC2OC(CO)C(OC3OC(CO)C(O)C(O)C3O)C(O)C2O)C(O)C1O)C(O)/C=C/CC/C=C/CCCCCCCCCCCCCCCCCCCCCCCCCCCCC. The van der Waals surface area contributed by atoms with Crippen LogP contribution in [0.15, 0.2) is 85.1 Å². The molecule has 3 heterocycles. The average molecular weight is 1490 g/mol. The number of carbonyl (C=O) groups is 1. The standard InChI is InChI=1S/C86H153NO18/c1-3-5-7-9-11-13-15-17-19-21-23-25-27-29-31-32-33-34-35-36-38-39-41-43-45-47-49-51-53-55-57-59-61-63-70(91)69(87-74(92)64-62-60-58-56-54-52-50-48-46-44-42-40-37-30-28-26-24-22-20-18-16-14-12-10-8-6-4-2)68-100-84-80(98)77(95)82(72(66-89)102-84)105-86-81(99)78(96)83(73(67-90)103-86)104-85-79(97)76(94)75(93)71(65-88)101-85/h6,8,12,14,18,20,24,26,30,37,53,55,61,63,69-73,75-86,88-91,93-99H,3-5,7,9-11,13,15-17,19,21-23,25,27-29,31-36,38-52,54,56-60,62,64-68H2,1-2H3,(H,87,92)/b8-6-,14-12-,20-18-,26-24-,37-30-,55-53+,63-61+. The van der Waals surface area contributed by atoms with Gasteiger partial charge in [-0.15, -0.1) is 0 Å². The van der Waals surface area contributed by atoms with Gasteiger partial charge >= 0.3 is 0 Å². The fourth-order valence-corrected chi connectivity index (χ4v) is 13.9. The molecule has 0 radical (unpaired) electrons. The van der Waals surface area contributed by atoms with E-state index in [1.807, 2.05) is 6.08 Å². The molecule has 17 unspecified atom stereocenters. The van der Waals surface area contributed by atoms with E-state index in [0.717, 1.165) is 83.5 Å². The molecule has 0 aromatic heterocycles. The topological polar surface area (TPSA) is 307 Å². The van der Waals surface area contributed by atoms with Gasteiger partial charge in [0.1, 0.15) is 73.2 Å². The van der Waals surface area contributed by atoms with E-state index in [1.165, 1.54) is 205 Å². The fraction of sp³-hybridized carbons (Fsp3) is 0.826. The normalized spacial score (nSPS) is 26.2.